The quantitative estimate of drug-likeness (QED) is 0.574. The molecule has 0 aromatic heterocycles. The van der Waals surface area contributed by atoms with Gasteiger partial charge in [-0.1, -0.05) is 47.5 Å². The van der Waals surface area contributed by atoms with Crippen LogP contribution in [0.2, 0.25) is 10.0 Å². The minimum atomic E-state index is -0.335. The molecule has 0 bridgehead atoms. The summed E-state index contributed by atoms with van der Waals surface area (Å²) in [6.07, 6.45) is 11.8. The van der Waals surface area contributed by atoms with Gasteiger partial charge in [0.2, 0.25) is 0 Å². The third kappa shape index (κ3) is 3.56. The lowest BCUT2D eigenvalue weighted by atomic mass is 9.80. The average molecular weight is 410 g/mol. The molecule has 140 valence electrons. The van der Waals surface area contributed by atoms with Gasteiger partial charge in [-0.15, -0.1) is 0 Å². The number of fused-ring (bicyclic) bond motifs is 1. The molecule has 5 heteroatoms. The molecule has 0 spiro atoms. The molecular weight excluding hydrogens is 393 g/mol. The van der Waals surface area contributed by atoms with Gasteiger partial charge in [-0.25, -0.2) is 0 Å². The van der Waals surface area contributed by atoms with Crippen molar-refractivity contribution in [1.82, 2.24) is 0 Å². The van der Waals surface area contributed by atoms with Gasteiger partial charge in [-0.3, -0.25) is 9.79 Å². The molecule has 0 saturated carbocycles. The fourth-order valence-electron chi connectivity index (χ4n) is 3.34. The van der Waals surface area contributed by atoms with Crippen molar-refractivity contribution in [3.05, 3.63) is 99.8 Å². The van der Waals surface area contributed by atoms with Gasteiger partial charge in [0.1, 0.15) is 11.5 Å². The summed E-state index contributed by atoms with van der Waals surface area (Å²) in [5.74, 6) is 1.32. The minimum absolute atomic E-state index is 0.0362. The molecule has 0 radical (unpaired) electrons. The summed E-state index contributed by atoms with van der Waals surface area (Å²) in [4.78, 5) is 17.3. The van der Waals surface area contributed by atoms with E-state index in [2.05, 4.69) is 24.1 Å². The molecule has 1 heterocycles. The maximum atomic E-state index is 12.7. The maximum Gasteiger partial charge on any atom is 0.194 e. The number of benzene rings is 2. The maximum absolute atomic E-state index is 12.7. The highest BCUT2D eigenvalue weighted by Gasteiger charge is 2.36. The van der Waals surface area contributed by atoms with E-state index in [1.54, 1.807) is 48.7 Å². The van der Waals surface area contributed by atoms with Crippen molar-refractivity contribution in [2.24, 2.45) is 10.9 Å². The van der Waals surface area contributed by atoms with Gasteiger partial charge in [0.05, 0.1) is 16.5 Å². The molecule has 1 aliphatic carbocycles. The lowest BCUT2D eigenvalue weighted by Crippen LogP contribution is -2.35. The number of rotatable bonds is 4. The van der Waals surface area contributed by atoms with Crippen LogP contribution >= 0.6 is 23.2 Å². The molecule has 0 amide bonds. The van der Waals surface area contributed by atoms with Gasteiger partial charge in [0, 0.05) is 22.4 Å². The highest BCUT2D eigenvalue weighted by molar-refractivity contribution is 6.36. The molecule has 2 aromatic carbocycles. The zero-order chi connectivity index (χ0) is 19.7. The Morgan fingerprint density at radius 1 is 1.11 bits per heavy atom. The Balaban J connectivity index is 1.54. The van der Waals surface area contributed by atoms with Crippen LogP contribution in [0.5, 0.6) is 5.75 Å². The Labute approximate surface area is 173 Å². The number of ketones is 1. The van der Waals surface area contributed by atoms with Crippen molar-refractivity contribution in [1.29, 1.82) is 0 Å². The van der Waals surface area contributed by atoms with Crippen LogP contribution in [0.3, 0.4) is 0 Å². The number of carbonyl (C=O) groups is 1. The highest BCUT2D eigenvalue weighted by Crippen LogP contribution is 2.36. The number of carbonyl (C=O) groups excluding carboxylic acids is 1. The van der Waals surface area contributed by atoms with Crippen LogP contribution in [-0.4, -0.2) is 17.5 Å². The summed E-state index contributed by atoms with van der Waals surface area (Å²) in [5, 5.41) is 0.842. The number of hydrogen-bond donors (Lipinski definition) is 0. The summed E-state index contributed by atoms with van der Waals surface area (Å²) in [7, 11) is 0. The predicted molar refractivity (Wildman–Crippen MR) is 114 cm³/mol. The molecule has 2 aromatic rings. The van der Waals surface area contributed by atoms with Gasteiger partial charge in [0.15, 0.2) is 5.78 Å². The van der Waals surface area contributed by atoms with Crippen LogP contribution < -0.4 is 4.74 Å². The summed E-state index contributed by atoms with van der Waals surface area (Å²) in [6, 6.07) is 11.9. The van der Waals surface area contributed by atoms with E-state index in [1.165, 1.54) is 0 Å². The number of halogens is 2. The smallest absolute Gasteiger partial charge is 0.194 e. The van der Waals surface area contributed by atoms with E-state index in [-0.39, 0.29) is 17.2 Å². The number of allylic oxidation sites excluding steroid dienone is 3. The summed E-state index contributed by atoms with van der Waals surface area (Å²) >= 11 is 12.1. The van der Waals surface area contributed by atoms with E-state index in [4.69, 9.17) is 27.9 Å². The molecule has 4 rings (SSSR count). The Hall–Kier alpha value is -2.62. The van der Waals surface area contributed by atoms with Crippen molar-refractivity contribution in [2.45, 2.75) is 12.5 Å². The molecule has 2 aliphatic rings. The monoisotopic (exact) mass is 409 g/mol. The average Bonchev–Trinajstić information content (AvgIpc) is 2.69. The summed E-state index contributed by atoms with van der Waals surface area (Å²) in [5.41, 5.74) is 0.558. The van der Waals surface area contributed by atoms with Gasteiger partial charge in [0.25, 0.3) is 0 Å². The zero-order valence-corrected chi connectivity index (χ0v) is 16.6. The molecule has 3 nitrogen and oxygen atoms in total. The van der Waals surface area contributed by atoms with Crippen LogP contribution in [0.1, 0.15) is 22.8 Å². The van der Waals surface area contributed by atoms with E-state index in [9.17, 15) is 4.79 Å². The van der Waals surface area contributed by atoms with Crippen molar-refractivity contribution in [3.63, 3.8) is 0 Å². The van der Waals surface area contributed by atoms with Crippen LogP contribution in [0.4, 0.5) is 0 Å². The number of aliphatic imine (C=N–C) groups is 1. The van der Waals surface area contributed by atoms with Crippen molar-refractivity contribution in [3.8, 4) is 5.75 Å². The van der Waals surface area contributed by atoms with Gasteiger partial charge in [-0.2, -0.15) is 0 Å². The van der Waals surface area contributed by atoms with Crippen LogP contribution in [0.25, 0.3) is 0 Å². The summed E-state index contributed by atoms with van der Waals surface area (Å²) < 4.78 is 6.10. The van der Waals surface area contributed by atoms with E-state index >= 15 is 0 Å². The number of hydrogen-bond acceptors (Lipinski definition) is 3. The van der Waals surface area contributed by atoms with Crippen molar-refractivity contribution < 1.29 is 9.53 Å². The standard InChI is InChI=1S/C23H17Cl2NO2/c1-23-12-3-2-4-19(23)21(11-13-26-23)28-17-8-5-15(6-9-17)22(27)18-14-16(24)7-10-20(18)25/h2-14,19H,1H3. The Bertz CT molecular complexity index is 1050. The molecule has 1 aliphatic heterocycles. The fraction of sp³-hybridized carbons (Fsp3) is 0.130. The van der Waals surface area contributed by atoms with E-state index in [0.29, 0.717) is 26.9 Å². The van der Waals surface area contributed by atoms with Crippen molar-refractivity contribution >= 4 is 35.2 Å². The second-order valence-corrected chi connectivity index (χ2v) is 7.72. The van der Waals surface area contributed by atoms with Crippen LogP contribution in [0.15, 0.2) is 83.6 Å². The molecule has 2 atom stereocenters. The van der Waals surface area contributed by atoms with Gasteiger partial charge < -0.3 is 4.74 Å². The molecule has 0 N–H and O–H groups in total. The number of nitrogens with zero attached hydrogens (tertiary/aromatic N) is 1. The Morgan fingerprint density at radius 3 is 2.68 bits per heavy atom. The first-order valence-electron chi connectivity index (χ1n) is 8.85. The van der Waals surface area contributed by atoms with Crippen molar-refractivity contribution in [2.75, 3.05) is 0 Å². The summed E-state index contributed by atoms with van der Waals surface area (Å²) in [6.45, 7) is 2.07. The number of dihydropyridines is 1. The second kappa shape index (κ2) is 7.42. The fourth-order valence-corrected chi connectivity index (χ4v) is 3.72. The van der Waals surface area contributed by atoms with E-state index < -0.39 is 0 Å². The molecular formula is C23H17Cl2NO2. The lowest BCUT2D eigenvalue weighted by molar-refractivity contribution is 0.103. The third-order valence-corrected chi connectivity index (χ3v) is 5.47. The topological polar surface area (TPSA) is 38.7 Å². The second-order valence-electron chi connectivity index (χ2n) is 6.87. The lowest BCUT2D eigenvalue weighted by Gasteiger charge is -2.34. The third-order valence-electron chi connectivity index (χ3n) is 4.90. The first-order chi connectivity index (χ1) is 13.5. The Kier molecular flexibility index (Phi) is 4.96. The number of ether oxygens (including phenoxy) is 1. The molecule has 0 saturated heterocycles. The first-order valence-corrected chi connectivity index (χ1v) is 9.61. The largest absolute Gasteiger partial charge is 0.461 e. The highest BCUT2D eigenvalue weighted by atomic mass is 35.5. The molecule has 2 unspecified atom stereocenters. The zero-order valence-electron chi connectivity index (χ0n) is 15.1. The van der Waals surface area contributed by atoms with Gasteiger partial charge >= 0.3 is 0 Å². The van der Waals surface area contributed by atoms with Crippen LogP contribution in [0, 0.1) is 5.92 Å². The van der Waals surface area contributed by atoms with Crippen LogP contribution in [-0.2, 0) is 0 Å². The SMILES string of the molecule is CC12C=CC=CC1C(Oc1ccc(C(=O)c3cc(Cl)ccc3Cl)cc1)=CC=N2. The van der Waals surface area contributed by atoms with E-state index in [1.807, 2.05) is 18.2 Å². The molecule has 0 fully saturated rings. The minimum Gasteiger partial charge on any atom is -0.461 e. The predicted octanol–water partition coefficient (Wildman–Crippen LogP) is 6.07. The first kappa shape index (κ1) is 18.7. The molecule has 28 heavy (non-hydrogen) atoms. The van der Waals surface area contributed by atoms with Gasteiger partial charge in [-0.05, 0) is 55.5 Å². The van der Waals surface area contributed by atoms with E-state index in [0.717, 1.165) is 5.76 Å². The Morgan fingerprint density at radius 2 is 1.89 bits per heavy atom. The normalized spacial score (nSPS) is 22.5.